The lowest BCUT2D eigenvalue weighted by molar-refractivity contribution is -0.167. The third-order valence-electron chi connectivity index (χ3n) is 14.8. The van der Waals surface area contributed by atoms with Crippen molar-refractivity contribution in [3.63, 3.8) is 0 Å². The van der Waals surface area contributed by atoms with Gasteiger partial charge in [-0.3, -0.25) is 14.4 Å². The molecule has 0 bridgehead atoms. The summed E-state index contributed by atoms with van der Waals surface area (Å²) in [6.45, 7) is 6.50. The molecule has 0 aliphatic heterocycles. The van der Waals surface area contributed by atoms with E-state index in [1.807, 2.05) is 0 Å². The summed E-state index contributed by atoms with van der Waals surface area (Å²) >= 11 is 0. The molecule has 0 aromatic rings. The van der Waals surface area contributed by atoms with E-state index in [-0.39, 0.29) is 31.1 Å². The van der Waals surface area contributed by atoms with Crippen molar-refractivity contribution in [1.82, 2.24) is 0 Å². The van der Waals surface area contributed by atoms with Gasteiger partial charge in [-0.25, -0.2) is 0 Å². The molecule has 0 amide bonds. The average Bonchev–Trinajstić information content (AvgIpc) is 3.47. The molecule has 0 heterocycles. The molecule has 0 spiro atoms. The standard InChI is InChI=1S/C75H128O6/c1-4-7-10-13-16-19-22-24-26-28-30-32-33-34-35-36-37-38-39-40-41-43-44-46-48-50-53-56-59-62-65-68-74(77)80-71-72(70-79-73(76)67-64-61-58-55-52-21-18-15-12-9-6-3)81-75(78)69-66-63-60-57-54-51-49-47-45-42-31-29-27-25-23-20-17-14-11-8-5-2/h7,10,15-16,18-19,24,26,30,32,34-35,37-38,40-41,44,46,72H,4-6,8-9,11-14,17,20-23,25,27-29,31,33,36,39,42-43,45,47-71H2,1-3H3/b10-7-,18-15-,19-16-,26-24-,32-30-,35-34-,38-37-,41-40-,46-44-. The van der Waals surface area contributed by atoms with E-state index in [0.717, 1.165) is 128 Å². The van der Waals surface area contributed by atoms with Crippen LogP contribution in [0.25, 0.3) is 0 Å². The average molecular weight is 1130 g/mol. The monoisotopic (exact) mass is 1120 g/mol. The Morgan fingerprint density at radius 1 is 0.259 bits per heavy atom. The number of ether oxygens (including phenoxy) is 3. The van der Waals surface area contributed by atoms with Crippen LogP contribution in [0.1, 0.15) is 329 Å². The van der Waals surface area contributed by atoms with Crippen molar-refractivity contribution in [2.45, 2.75) is 335 Å². The quantitative estimate of drug-likeness (QED) is 0.0261. The van der Waals surface area contributed by atoms with Gasteiger partial charge in [0.05, 0.1) is 0 Å². The van der Waals surface area contributed by atoms with Crippen molar-refractivity contribution in [3.8, 4) is 0 Å². The zero-order valence-corrected chi connectivity index (χ0v) is 53.3. The van der Waals surface area contributed by atoms with Gasteiger partial charge < -0.3 is 14.2 Å². The summed E-state index contributed by atoms with van der Waals surface area (Å²) in [6.07, 6.45) is 94.0. The summed E-state index contributed by atoms with van der Waals surface area (Å²) in [4.78, 5) is 38.3. The molecular weight excluding hydrogens is 997 g/mol. The number of hydrogen-bond acceptors (Lipinski definition) is 6. The van der Waals surface area contributed by atoms with Crippen LogP contribution in [0.15, 0.2) is 109 Å². The van der Waals surface area contributed by atoms with Crippen LogP contribution in [0.2, 0.25) is 0 Å². The summed E-state index contributed by atoms with van der Waals surface area (Å²) in [7, 11) is 0. The highest BCUT2D eigenvalue weighted by Gasteiger charge is 2.19. The van der Waals surface area contributed by atoms with Gasteiger partial charge in [0, 0.05) is 19.3 Å². The maximum Gasteiger partial charge on any atom is 0.306 e. The Hall–Kier alpha value is -3.93. The topological polar surface area (TPSA) is 78.9 Å². The van der Waals surface area contributed by atoms with Crippen LogP contribution in [0, 0.1) is 0 Å². The lowest BCUT2D eigenvalue weighted by atomic mass is 10.0. The second-order valence-corrected chi connectivity index (χ2v) is 22.7. The second kappa shape index (κ2) is 68.6. The van der Waals surface area contributed by atoms with E-state index >= 15 is 0 Å². The molecule has 0 aromatic heterocycles. The zero-order valence-electron chi connectivity index (χ0n) is 53.3. The molecule has 0 fully saturated rings. The Morgan fingerprint density at radius 2 is 0.494 bits per heavy atom. The molecule has 1 unspecified atom stereocenters. The van der Waals surface area contributed by atoms with E-state index in [1.165, 1.54) is 161 Å². The van der Waals surface area contributed by atoms with E-state index in [2.05, 4.69) is 130 Å². The molecule has 0 saturated heterocycles. The van der Waals surface area contributed by atoms with Crippen LogP contribution < -0.4 is 0 Å². The Labute approximate surface area is 501 Å². The van der Waals surface area contributed by atoms with Crippen molar-refractivity contribution in [1.29, 1.82) is 0 Å². The van der Waals surface area contributed by atoms with E-state index < -0.39 is 6.10 Å². The van der Waals surface area contributed by atoms with Gasteiger partial charge in [0.2, 0.25) is 0 Å². The van der Waals surface area contributed by atoms with Gasteiger partial charge in [0.15, 0.2) is 6.10 Å². The fourth-order valence-corrected chi connectivity index (χ4v) is 9.62. The Kier molecular flexibility index (Phi) is 65.2. The highest BCUT2D eigenvalue weighted by atomic mass is 16.6. The SMILES string of the molecule is CC/C=C\C/C=C\C/C=C\C/C=C\C/C=C\C/C=C\C/C=C\C/C=C\CCCCCCCCC(=O)OCC(COC(=O)CCCCCCC/C=C\CCCC)OC(=O)CCCCCCCCCCCCCCCCCCCCCCC. The maximum absolute atomic E-state index is 12.9. The van der Waals surface area contributed by atoms with Gasteiger partial charge in [-0.1, -0.05) is 316 Å². The minimum absolute atomic E-state index is 0.0848. The summed E-state index contributed by atoms with van der Waals surface area (Å²) in [6, 6.07) is 0. The van der Waals surface area contributed by atoms with Crippen LogP contribution in [-0.2, 0) is 28.6 Å². The molecule has 6 nitrogen and oxygen atoms in total. The summed E-state index contributed by atoms with van der Waals surface area (Å²) in [5.74, 6) is -0.896. The van der Waals surface area contributed by atoms with Crippen molar-refractivity contribution in [3.05, 3.63) is 109 Å². The molecule has 81 heavy (non-hydrogen) atoms. The lowest BCUT2D eigenvalue weighted by Crippen LogP contribution is -2.30. The van der Waals surface area contributed by atoms with E-state index in [1.54, 1.807) is 0 Å². The summed E-state index contributed by atoms with van der Waals surface area (Å²) in [5.41, 5.74) is 0. The molecule has 0 saturated carbocycles. The first kappa shape index (κ1) is 77.1. The van der Waals surface area contributed by atoms with E-state index in [9.17, 15) is 14.4 Å². The summed E-state index contributed by atoms with van der Waals surface area (Å²) in [5, 5.41) is 0. The number of esters is 3. The first-order valence-corrected chi connectivity index (χ1v) is 34.4. The highest BCUT2D eigenvalue weighted by molar-refractivity contribution is 5.71. The number of carbonyl (C=O) groups is 3. The minimum atomic E-state index is -0.788. The maximum atomic E-state index is 12.9. The van der Waals surface area contributed by atoms with E-state index in [0.29, 0.717) is 19.3 Å². The van der Waals surface area contributed by atoms with Crippen molar-refractivity contribution in [2.24, 2.45) is 0 Å². The van der Waals surface area contributed by atoms with Crippen LogP contribution in [0.3, 0.4) is 0 Å². The van der Waals surface area contributed by atoms with Gasteiger partial charge in [-0.05, 0) is 103 Å². The van der Waals surface area contributed by atoms with Crippen molar-refractivity contribution < 1.29 is 28.6 Å². The third-order valence-corrected chi connectivity index (χ3v) is 14.8. The second-order valence-electron chi connectivity index (χ2n) is 22.7. The summed E-state index contributed by atoms with van der Waals surface area (Å²) < 4.78 is 16.9. The van der Waals surface area contributed by atoms with Gasteiger partial charge in [0.25, 0.3) is 0 Å². The fourth-order valence-electron chi connectivity index (χ4n) is 9.62. The minimum Gasteiger partial charge on any atom is -0.462 e. The van der Waals surface area contributed by atoms with Crippen LogP contribution in [0.4, 0.5) is 0 Å². The Balaban J connectivity index is 4.28. The van der Waals surface area contributed by atoms with Gasteiger partial charge in [-0.15, -0.1) is 0 Å². The molecule has 0 aliphatic carbocycles. The Morgan fingerprint density at radius 3 is 0.802 bits per heavy atom. The molecule has 0 rings (SSSR count). The number of allylic oxidation sites excluding steroid dienone is 18. The fraction of sp³-hybridized carbons (Fsp3) is 0.720. The first-order chi connectivity index (χ1) is 40.0. The first-order valence-electron chi connectivity index (χ1n) is 34.4. The molecule has 464 valence electrons. The number of carbonyl (C=O) groups excluding carboxylic acids is 3. The predicted molar refractivity (Wildman–Crippen MR) is 353 cm³/mol. The van der Waals surface area contributed by atoms with Crippen molar-refractivity contribution in [2.75, 3.05) is 13.2 Å². The normalized spacial score (nSPS) is 12.8. The molecule has 0 radical (unpaired) electrons. The zero-order chi connectivity index (χ0) is 58.5. The lowest BCUT2D eigenvalue weighted by Gasteiger charge is -2.18. The van der Waals surface area contributed by atoms with Crippen LogP contribution >= 0.6 is 0 Å². The van der Waals surface area contributed by atoms with Crippen molar-refractivity contribution >= 4 is 17.9 Å². The molecule has 0 aromatic carbocycles. The number of unbranched alkanes of at least 4 members (excludes halogenated alkanes) is 33. The molecule has 0 N–H and O–H groups in total. The number of rotatable bonds is 62. The Bertz CT molecular complexity index is 1620. The third kappa shape index (κ3) is 66.8. The number of hydrogen-bond donors (Lipinski definition) is 0. The van der Waals surface area contributed by atoms with Crippen LogP contribution in [-0.4, -0.2) is 37.2 Å². The molecule has 0 aliphatic rings. The molecule has 6 heteroatoms. The largest absolute Gasteiger partial charge is 0.462 e. The highest BCUT2D eigenvalue weighted by Crippen LogP contribution is 2.17. The molecule has 1 atom stereocenters. The smallest absolute Gasteiger partial charge is 0.306 e. The predicted octanol–water partition coefficient (Wildman–Crippen LogP) is 23.8. The van der Waals surface area contributed by atoms with Gasteiger partial charge in [-0.2, -0.15) is 0 Å². The van der Waals surface area contributed by atoms with Gasteiger partial charge in [0.1, 0.15) is 13.2 Å². The van der Waals surface area contributed by atoms with Crippen LogP contribution in [0.5, 0.6) is 0 Å². The van der Waals surface area contributed by atoms with E-state index in [4.69, 9.17) is 14.2 Å². The van der Waals surface area contributed by atoms with Gasteiger partial charge >= 0.3 is 17.9 Å². The molecular formula is C75H128O6.